The molecule has 0 radical (unpaired) electrons. The number of rotatable bonds is 7. The highest BCUT2D eigenvalue weighted by molar-refractivity contribution is 14.1. The maximum atomic E-state index is 12.5. The van der Waals surface area contributed by atoms with Crippen molar-refractivity contribution < 1.29 is 22.7 Å². The molecule has 1 aliphatic rings. The van der Waals surface area contributed by atoms with Gasteiger partial charge < -0.3 is 10.1 Å². The Kier molecular flexibility index (Phi) is 7.83. The zero-order valence-corrected chi connectivity index (χ0v) is 19.7. The van der Waals surface area contributed by atoms with E-state index in [1.165, 1.54) is 6.08 Å². The Bertz CT molecular complexity index is 1200. The molecule has 0 aliphatic heterocycles. The monoisotopic (exact) mass is 565 g/mol. The summed E-state index contributed by atoms with van der Waals surface area (Å²) in [6.07, 6.45) is 7.22. The Hall–Kier alpha value is -2.96. The van der Waals surface area contributed by atoms with E-state index in [1.807, 2.05) is 12.2 Å². The molecule has 0 unspecified atom stereocenters. The van der Waals surface area contributed by atoms with Crippen LogP contribution in [0.1, 0.15) is 28.8 Å². The fourth-order valence-electron chi connectivity index (χ4n) is 2.76. The zero-order chi connectivity index (χ0) is 23.1. The van der Waals surface area contributed by atoms with E-state index in [0.717, 1.165) is 22.2 Å². The van der Waals surface area contributed by atoms with Crippen molar-refractivity contribution >= 4 is 50.7 Å². The highest BCUT2D eigenvalue weighted by Gasteiger charge is 2.18. The maximum Gasteiger partial charge on any atom is 0.299 e. The van der Waals surface area contributed by atoms with E-state index in [4.69, 9.17) is 9.88 Å². The second-order valence-corrected chi connectivity index (χ2v) is 9.33. The normalized spacial score (nSPS) is 14.1. The number of nitrogens with one attached hydrogen (secondary N) is 2. The molecule has 0 heterocycles. The van der Waals surface area contributed by atoms with Gasteiger partial charge in [0, 0.05) is 9.14 Å². The van der Waals surface area contributed by atoms with Crippen LogP contribution in [0.15, 0.2) is 81.8 Å². The number of amides is 2. The standard InChI is InChI=1S/C22H20IN3O5S/c23-18-8-4-5-9-20(18)31-17-12-10-15(11-13-17)14-19(22(28)26-32(24,29)30)25-21(27)16-6-2-1-3-7-16/h1-3,5-7,9-14H,4,8H2,(H,25,27)(H,26,28)(H2,24,29,30). The third-order valence-electron chi connectivity index (χ3n) is 4.25. The molecule has 10 heteroatoms. The first-order chi connectivity index (χ1) is 15.2. The van der Waals surface area contributed by atoms with Crippen LogP contribution >= 0.6 is 22.6 Å². The van der Waals surface area contributed by atoms with Crippen LogP contribution in [0.4, 0.5) is 0 Å². The summed E-state index contributed by atoms with van der Waals surface area (Å²) in [5, 5.41) is 7.33. The second-order valence-electron chi connectivity index (χ2n) is 6.74. The molecule has 8 nitrogen and oxygen atoms in total. The van der Waals surface area contributed by atoms with E-state index >= 15 is 0 Å². The molecular weight excluding hydrogens is 545 g/mol. The summed E-state index contributed by atoms with van der Waals surface area (Å²) in [5.74, 6) is -0.263. The van der Waals surface area contributed by atoms with Crippen molar-refractivity contribution in [2.75, 3.05) is 0 Å². The van der Waals surface area contributed by atoms with Crippen LogP contribution in [0.2, 0.25) is 0 Å². The smallest absolute Gasteiger partial charge is 0.299 e. The maximum absolute atomic E-state index is 12.5. The number of halogens is 1. The van der Waals surface area contributed by atoms with E-state index in [9.17, 15) is 18.0 Å². The lowest BCUT2D eigenvalue weighted by Crippen LogP contribution is -2.41. The summed E-state index contributed by atoms with van der Waals surface area (Å²) in [4.78, 5) is 24.9. The molecule has 4 N–H and O–H groups in total. The molecule has 0 bridgehead atoms. The van der Waals surface area contributed by atoms with Crippen LogP contribution in [0.5, 0.6) is 5.75 Å². The first-order valence-electron chi connectivity index (χ1n) is 9.47. The molecule has 0 saturated heterocycles. The van der Waals surface area contributed by atoms with Gasteiger partial charge in [-0.1, -0.05) is 36.4 Å². The van der Waals surface area contributed by atoms with Gasteiger partial charge in [-0.15, -0.1) is 0 Å². The Labute approximate surface area is 199 Å². The summed E-state index contributed by atoms with van der Waals surface area (Å²) in [6.45, 7) is 0. The highest BCUT2D eigenvalue weighted by atomic mass is 127. The van der Waals surface area contributed by atoms with Crippen molar-refractivity contribution in [2.45, 2.75) is 12.8 Å². The van der Waals surface area contributed by atoms with Gasteiger partial charge in [0.05, 0.1) is 0 Å². The minimum absolute atomic E-state index is 0.283. The van der Waals surface area contributed by atoms with Gasteiger partial charge in [-0.25, -0.2) is 9.86 Å². The minimum atomic E-state index is -4.31. The van der Waals surface area contributed by atoms with Gasteiger partial charge in [-0.05, 0) is 77.4 Å². The Morgan fingerprint density at radius 3 is 2.38 bits per heavy atom. The zero-order valence-electron chi connectivity index (χ0n) is 16.7. The van der Waals surface area contributed by atoms with Crippen molar-refractivity contribution in [2.24, 2.45) is 5.14 Å². The Balaban J connectivity index is 1.83. The second kappa shape index (κ2) is 10.6. The molecular formula is C22H20IN3O5S. The van der Waals surface area contributed by atoms with E-state index in [-0.39, 0.29) is 5.70 Å². The lowest BCUT2D eigenvalue weighted by atomic mass is 10.1. The van der Waals surface area contributed by atoms with Gasteiger partial charge in [0.25, 0.3) is 22.0 Å². The molecule has 32 heavy (non-hydrogen) atoms. The summed E-state index contributed by atoms with van der Waals surface area (Å²) >= 11 is 2.25. The van der Waals surface area contributed by atoms with E-state index in [2.05, 4.69) is 27.9 Å². The molecule has 0 spiro atoms. The molecule has 2 aromatic rings. The summed E-state index contributed by atoms with van der Waals surface area (Å²) in [5.41, 5.74) is 0.552. The molecule has 1 aliphatic carbocycles. The third-order valence-corrected chi connectivity index (χ3v) is 5.79. The topological polar surface area (TPSA) is 128 Å². The largest absolute Gasteiger partial charge is 0.457 e. The molecule has 166 valence electrons. The summed E-state index contributed by atoms with van der Waals surface area (Å²) in [6, 6.07) is 15.0. The van der Waals surface area contributed by atoms with Gasteiger partial charge in [0.2, 0.25) is 0 Å². The molecule has 0 atom stereocenters. The number of hydrogen-bond donors (Lipinski definition) is 3. The lowest BCUT2D eigenvalue weighted by Gasteiger charge is -2.13. The van der Waals surface area contributed by atoms with E-state index in [1.54, 1.807) is 59.3 Å². The average molecular weight is 565 g/mol. The van der Waals surface area contributed by atoms with Crippen molar-refractivity contribution in [1.29, 1.82) is 0 Å². The number of carbonyl (C=O) groups excluding carboxylic acids is 2. The quantitative estimate of drug-likeness (QED) is 0.351. The van der Waals surface area contributed by atoms with Gasteiger partial charge in [-0.3, -0.25) is 9.59 Å². The predicted molar refractivity (Wildman–Crippen MR) is 130 cm³/mol. The van der Waals surface area contributed by atoms with Gasteiger partial charge >= 0.3 is 0 Å². The van der Waals surface area contributed by atoms with Crippen molar-refractivity contribution in [3.63, 3.8) is 0 Å². The molecule has 0 aromatic heterocycles. The molecule has 2 amide bonds. The van der Waals surface area contributed by atoms with Gasteiger partial charge in [0.15, 0.2) is 0 Å². The summed E-state index contributed by atoms with van der Waals surface area (Å²) < 4.78 is 31.3. The predicted octanol–water partition coefficient (Wildman–Crippen LogP) is 3.15. The van der Waals surface area contributed by atoms with Crippen LogP contribution in [-0.4, -0.2) is 20.2 Å². The Morgan fingerprint density at radius 2 is 1.75 bits per heavy atom. The van der Waals surface area contributed by atoms with Gasteiger partial charge in [0.1, 0.15) is 17.2 Å². The van der Waals surface area contributed by atoms with E-state index in [0.29, 0.717) is 16.9 Å². The van der Waals surface area contributed by atoms with Crippen molar-refractivity contribution in [1.82, 2.24) is 10.0 Å². The summed E-state index contributed by atoms with van der Waals surface area (Å²) in [7, 11) is -4.31. The first-order valence-corrected chi connectivity index (χ1v) is 12.1. The number of carbonyl (C=O) groups is 2. The van der Waals surface area contributed by atoms with Crippen LogP contribution in [-0.2, 0) is 15.0 Å². The van der Waals surface area contributed by atoms with Crippen LogP contribution in [0.3, 0.4) is 0 Å². The molecule has 0 saturated carbocycles. The first kappa shape index (κ1) is 23.7. The van der Waals surface area contributed by atoms with E-state index < -0.39 is 22.0 Å². The molecule has 3 rings (SSSR count). The molecule has 2 aromatic carbocycles. The third kappa shape index (κ3) is 7.04. The number of nitrogens with two attached hydrogens (primary N) is 1. The fourth-order valence-corrected chi connectivity index (χ4v) is 3.73. The Morgan fingerprint density at radius 1 is 1.06 bits per heavy atom. The number of hydrogen-bond acceptors (Lipinski definition) is 5. The van der Waals surface area contributed by atoms with Crippen LogP contribution < -0.4 is 19.9 Å². The van der Waals surface area contributed by atoms with Crippen molar-refractivity contribution in [3.05, 3.63) is 92.9 Å². The molecule has 0 fully saturated rings. The number of allylic oxidation sites excluding steroid dienone is 3. The lowest BCUT2D eigenvalue weighted by molar-refractivity contribution is -0.116. The van der Waals surface area contributed by atoms with Crippen LogP contribution in [0, 0.1) is 0 Å². The number of benzene rings is 2. The van der Waals surface area contributed by atoms with Crippen LogP contribution in [0.25, 0.3) is 6.08 Å². The van der Waals surface area contributed by atoms with Crippen molar-refractivity contribution in [3.8, 4) is 5.75 Å². The SMILES string of the molecule is NS(=O)(=O)NC(=O)C(=Cc1ccc(OC2=C(I)CCC=C2)cc1)NC(=O)c1ccccc1. The average Bonchev–Trinajstić information content (AvgIpc) is 2.75. The fraction of sp³-hybridized carbons (Fsp3) is 0.0909. The highest BCUT2D eigenvalue weighted by Crippen LogP contribution is 2.27. The van der Waals surface area contributed by atoms with Gasteiger partial charge in [-0.2, -0.15) is 8.42 Å². The minimum Gasteiger partial charge on any atom is -0.457 e. The number of ether oxygens (including phenoxy) is 1.